The molecule has 1 saturated carbocycles. The van der Waals surface area contributed by atoms with E-state index in [4.69, 9.17) is 19.3 Å². The minimum Gasteiger partial charge on any atom is -0.494 e. The quantitative estimate of drug-likeness (QED) is 0.306. The van der Waals surface area contributed by atoms with E-state index in [0.29, 0.717) is 13.2 Å². The normalized spacial score (nSPS) is 19.4. The average Bonchev–Trinajstić information content (AvgIpc) is 3.35. The third-order valence-electron chi connectivity index (χ3n) is 7.01. The van der Waals surface area contributed by atoms with Crippen molar-refractivity contribution in [3.8, 4) is 17.2 Å². The van der Waals surface area contributed by atoms with Crippen LogP contribution in [-0.4, -0.2) is 36.4 Å². The summed E-state index contributed by atoms with van der Waals surface area (Å²) in [6.07, 6.45) is 4.94. The van der Waals surface area contributed by atoms with E-state index in [1.54, 1.807) is 12.1 Å². The van der Waals surface area contributed by atoms with Gasteiger partial charge in [0.05, 0.1) is 25.0 Å². The summed E-state index contributed by atoms with van der Waals surface area (Å²) in [5, 5.41) is 6.42. The van der Waals surface area contributed by atoms with Crippen molar-refractivity contribution in [2.75, 3.05) is 19.8 Å². The summed E-state index contributed by atoms with van der Waals surface area (Å²) in [4.78, 5) is 13.5. The summed E-state index contributed by atoms with van der Waals surface area (Å²) in [6, 6.07) is 21.6. The summed E-state index contributed by atoms with van der Waals surface area (Å²) in [7, 11) is 0. The molecule has 3 aromatic carbocycles. The maximum atomic E-state index is 14.1. The van der Waals surface area contributed by atoms with Crippen LogP contribution in [0.5, 0.6) is 17.2 Å². The molecule has 0 bridgehead atoms. The van der Waals surface area contributed by atoms with Gasteiger partial charge in [-0.25, -0.2) is 9.40 Å². The molecule has 1 aliphatic heterocycles. The fourth-order valence-corrected chi connectivity index (χ4v) is 5.26. The number of amides is 1. The summed E-state index contributed by atoms with van der Waals surface area (Å²) >= 11 is 0. The number of carbonyl (C=O) groups excluding carboxylic acids is 1. The number of allylic oxidation sites excluding steroid dienone is 1. The van der Waals surface area contributed by atoms with Crippen LogP contribution >= 0.6 is 0 Å². The molecule has 0 N–H and O–H groups in total. The number of hydrogen-bond donors (Lipinski definition) is 0. The van der Waals surface area contributed by atoms with E-state index >= 15 is 0 Å². The topological polar surface area (TPSA) is 60.4 Å². The number of para-hydroxylation sites is 1. The van der Waals surface area contributed by atoms with Gasteiger partial charge in [-0.3, -0.25) is 4.79 Å². The number of halogens is 1. The number of hydrazone groups is 1. The zero-order valence-corrected chi connectivity index (χ0v) is 22.3. The van der Waals surface area contributed by atoms with Crippen molar-refractivity contribution in [1.29, 1.82) is 0 Å². The van der Waals surface area contributed by atoms with E-state index in [9.17, 15) is 9.18 Å². The Labute approximate surface area is 228 Å². The molecule has 0 aromatic heterocycles. The number of benzene rings is 3. The fourth-order valence-electron chi connectivity index (χ4n) is 5.26. The number of nitrogens with zero attached hydrogens (tertiary/aromatic N) is 2. The van der Waals surface area contributed by atoms with Crippen molar-refractivity contribution in [2.45, 2.75) is 39.2 Å². The van der Waals surface area contributed by atoms with Crippen molar-refractivity contribution >= 4 is 17.7 Å². The molecule has 0 spiro atoms. The third kappa shape index (κ3) is 5.98. The van der Waals surface area contributed by atoms with Gasteiger partial charge in [-0.05, 0) is 92.3 Å². The molecular weight excluding hydrogens is 495 g/mol. The first-order valence-electron chi connectivity index (χ1n) is 13.5. The molecule has 1 aliphatic carbocycles. The van der Waals surface area contributed by atoms with E-state index in [1.165, 1.54) is 17.1 Å². The molecule has 2 atom stereocenters. The summed E-state index contributed by atoms with van der Waals surface area (Å²) in [6.45, 7) is 4.80. The molecule has 5 rings (SSSR count). The molecule has 202 valence electrons. The Kier molecular flexibility index (Phi) is 8.25. The van der Waals surface area contributed by atoms with Gasteiger partial charge in [0.2, 0.25) is 0 Å². The maximum Gasteiger partial charge on any atom is 0.281 e. The van der Waals surface area contributed by atoms with Gasteiger partial charge in [-0.1, -0.05) is 36.4 Å². The minimum absolute atomic E-state index is 0.0445. The first kappa shape index (κ1) is 26.5. The number of hydrogen-bond acceptors (Lipinski definition) is 5. The van der Waals surface area contributed by atoms with Crippen LogP contribution in [0.2, 0.25) is 0 Å². The lowest BCUT2D eigenvalue weighted by atomic mass is 9.77. The fraction of sp³-hybridized carbons (Fsp3) is 0.312. The molecule has 39 heavy (non-hydrogen) atoms. The van der Waals surface area contributed by atoms with Gasteiger partial charge >= 0.3 is 0 Å². The first-order chi connectivity index (χ1) is 19.1. The van der Waals surface area contributed by atoms with Crippen molar-refractivity contribution in [2.24, 2.45) is 11.0 Å². The van der Waals surface area contributed by atoms with Crippen LogP contribution < -0.4 is 14.2 Å². The number of carbonyl (C=O) groups is 1. The first-order valence-corrected chi connectivity index (χ1v) is 13.5. The molecule has 2 aliphatic rings. The van der Waals surface area contributed by atoms with Gasteiger partial charge in [-0.15, -0.1) is 0 Å². The Hall–Kier alpha value is -4.13. The molecule has 1 amide bonds. The second-order valence-corrected chi connectivity index (χ2v) is 9.56. The summed E-state index contributed by atoms with van der Waals surface area (Å²) in [5.41, 5.74) is 4.08. The number of rotatable bonds is 9. The SMILES string of the molecule is CCOc1ccc(/C=C2/CCC[C@@H]3C2=NN(C(=O)COc2ccccc2F)[C@@H]3c2ccc(OCC)cc2)cc1. The van der Waals surface area contributed by atoms with E-state index in [-0.39, 0.29) is 30.2 Å². The standard InChI is InChI=1S/C32H33FN2O4/c1-3-37-25-16-12-22(13-17-25)20-24-8-7-9-27-31(24)34-35(30(36)21-39-29-11-6-5-10-28(29)33)32(27)23-14-18-26(19-15-23)38-4-2/h5-6,10-20,27,32H,3-4,7-9,21H2,1-2H3/b24-20-/t27-,32-/m1/s1. The lowest BCUT2D eigenvalue weighted by Crippen LogP contribution is -2.34. The van der Waals surface area contributed by atoms with E-state index in [2.05, 4.69) is 6.08 Å². The highest BCUT2D eigenvalue weighted by Gasteiger charge is 2.43. The van der Waals surface area contributed by atoms with Gasteiger partial charge in [-0.2, -0.15) is 5.10 Å². The largest absolute Gasteiger partial charge is 0.494 e. The van der Waals surface area contributed by atoms with Crippen LogP contribution in [0.4, 0.5) is 4.39 Å². The Morgan fingerprint density at radius 3 is 2.28 bits per heavy atom. The van der Waals surface area contributed by atoms with Crippen molar-refractivity contribution in [3.63, 3.8) is 0 Å². The minimum atomic E-state index is -0.504. The Bertz CT molecular complexity index is 1350. The molecule has 1 heterocycles. The molecule has 0 saturated heterocycles. The highest BCUT2D eigenvalue weighted by atomic mass is 19.1. The van der Waals surface area contributed by atoms with Crippen molar-refractivity contribution < 1.29 is 23.4 Å². The summed E-state index contributed by atoms with van der Waals surface area (Å²) in [5.74, 6) is 0.879. The predicted octanol–water partition coefficient (Wildman–Crippen LogP) is 6.83. The molecule has 6 nitrogen and oxygen atoms in total. The van der Waals surface area contributed by atoms with Gasteiger partial charge in [0.1, 0.15) is 11.5 Å². The molecular formula is C32H33FN2O4. The van der Waals surface area contributed by atoms with Crippen LogP contribution in [0.1, 0.15) is 50.3 Å². The van der Waals surface area contributed by atoms with Gasteiger partial charge in [0, 0.05) is 5.92 Å². The Morgan fingerprint density at radius 1 is 0.949 bits per heavy atom. The molecule has 1 fully saturated rings. The van der Waals surface area contributed by atoms with Gasteiger partial charge in [0.15, 0.2) is 18.2 Å². The summed E-state index contributed by atoms with van der Waals surface area (Å²) < 4.78 is 30.9. The van der Waals surface area contributed by atoms with Crippen LogP contribution in [0.15, 0.2) is 83.5 Å². The maximum absolute atomic E-state index is 14.1. The van der Waals surface area contributed by atoms with Crippen LogP contribution in [0.25, 0.3) is 6.08 Å². The van der Waals surface area contributed by atoms with Crippen molar-refractivity contribution in [3.05, 3.63) is 95.3 Å². The van der Waals surface area contributed by atoms with Gasteiger partial charge < -0.3 is 14.2 Å². The zero-order chi connectivity index (χ0) is 27.2. The van der Waals surface area contributed by atoms with E-state index < -0.39 is 5.82 Å². The lowest BCUT2D eigenvalue weighted by Gasteiger charge is -2.29. The van der Waals surface area contributed by atoms with E-state index in [0.717, 1.165) is 53.2 Å². The second-order valence-electron chi connectivity index (χ2n) is 9.56. The Morgan fingerprint density at radius 2 is 1.62 bits per heavy atom. The molecule has 7 heteroatoms. The molecule has 0 unspecified atom stereocenters. The molecule has 3 aromatic rings. The second kappa shape index (κ2) is 12.2. The number of fused-ring (bicyclic) bond motifs is 1. The average molecular weight is 529 g/mol. The van der Waals surface area contributed by atoms with Crippen LogP contribution in [0.3, 0.4) is 0 Å². The zero-order valence-electron chi connectivity index (χ0n) is 22.3. The smallest absolute Gasteiger partial charge is 0.281 e. The van der Waals surface area contributed by atoms with Crippen molar-refractivity contribution in [1.82, 2.24) is 5.01 Å². The molecule has 0 radical (unpaired) electrons. The lowest BCUT2D eigenvalue weighted by molar-refractivity contribution is -0.135. The van der Waals surface area contributed by atoms with Crippen LogP contribution in [-0.2, 0) is 4.79 Å². The predicted molar refractivity (Wildman–Crippen MR) is 149 cm³/mol. The Balaban J connectivity index is 1.45. The highest BCUT2D eigenvalue weighted by molar-refractivity contribution is 6.08. The number of ether oxygens (including phenoxy) is 3. The van der Waals surface area contributed by atoms with E-state index in [1.807, 2.05) is 62.4 Å². The third-order valence-corrected chi connectivity index (χ3v) is 7.01. The van der Waals surface area contributed by atoms with Gasteiger partial charge in [0.25, 0.3) is 5.91 Å². The highest BCUT2D eigenvalue weighted by Crippen LogP contribution is 2.44. The monoisotopic (exact) mass is 528 g/mol. The van der Waals surface area contributed by atoms with Crippen LogP contribution in [0, 0.1) is 11.7 Å².